The lowest BCUT2D eigenvalue weighted by Crippen LogP contribution is -2.42. The smallest absolute Gasteiger partial charge is 0.227 e. The Kier molecular flexibility index (Phi) is 5.01. The van der Waals surface area contributed by atoms with E-state index in [0.29, 0.717) is 18.5 Å². The van der Waals surface area contributed by atoms with Crippen LogP contribution in [0, 0.1) is 0 Å². The molecular formula is C16H24N2O2. The molecule has 1 aliphatic carbocycles. The predicted molar refractivity (Wildman–Crippen MR) is 79.7 cm³/mol. The van der Waals surface area contributed by atoms with Crippen LogP contribution in [0.3, 0.4) is 0 Å². The van der Waals surface area contributed by atoms with Crippen molar-refractivity contribution in [3.05, 3.63) is 29.8 Å². The van der Waals surface area contributed by atoms with Crippen molar-refractivity contribution in [3.63, 3.8) is 0 Å². The van der Waals surface area contributed by atoms with Gasteiger partial charge < -0.3 is 15.4 Å². The molecule has 2 N–H and O–H groups in total. The zero-order valence-corrected chi connectivity index (χ0v) is 12.3. The highest BCUT2D eigenvalue weighted by Crippen LogP contribution is 2.23. The van der Waals surface area contributed by atoms with Gasteiger partial charge in [0.15, 0.2) is 0 Å². The number of hydrogen-bond acceptors (Lipinski definition) is 3. The van der Waals surface area contributed by atoms with Crippen LogP contribution in [0.5, 0.6) is 5.75 Å². The summed E-state index contributed by atoms with van der Waals surface area (Å²) < 4.78 is 5.30. The maximum absolute atomic E-state index is 12.4. The van der Waals surface area contributed by atoms with E-state index in [0.717, 1.165) is 37.0 Å². The van der Waals surface area contributed by atoms with E-state index >= 15 is 0 Å². The van der Waals surface area contributed by atoms with Gasteiger partial charge in [0.25, 0.3) is 0 Å². The van der Waals surface area contributed by atoms with Crippen LogP contribution in [0.1, 0.15) is 31.2 Å². The number of para-hydroxylation sites is 1. The average Bonchev–Trinajstić information content (AvgIpc) is 2.48. The Labute approximate surface area is 120 Å². The van der Waals surface area contributed by atoms with Crippen LogP contribution in [0.15, 0.2) is 24.3 Å². The fourth-order valence-electron chi connectivity index (χ4n) is 2.83. The Morgan fingerprint density at radius 2 is 1.95 bits per heavy atom. The lowest BCUT2D eigenvalue weighted by atomic mass is 9.91. The molecule has 20 heavy (non-hydrogen) atoms. The Balaban J connectivity index is 1.97. The number of ether oxygens (including phenoxy) is 1. The molecule has 0 saturated heterocycles. The molecule has 1 aliphatic rings. The third-order valence-electron chi connectivity index (χ3n) is 4.22. The SMILES string of the molecule is COc1ccccc1CC(=O)N(C)C1CCC(N)CC1. The van der Waals surface area contributed by atoms with Crippen molar-refractivity contribution in [3.8, 4) is 5.75 Å². The van der Waals surface area contributed by atoms with Gasteiger partial charge in [0, 0.05) is 24.7 Å². The number of carbonyl (C=O) groups excluding carboxylic acids is 1. The highest BCUT2D eigenvalue weighted by Gasteiger charge is 2.25. The first-order valence-electron chi connectivity index (χ1n) is 7.25. The molecule has 1 aromatic rings. The fraction of sp³-hybridized carbons (Fsp3) is 0.562. The van der Waals surface area contributed by atoms with Crippen LogP contribution < -0.4 is 10.5 Å². The molecule has 110 valence electrons. The summed E-state index contributed by atoms with van der Waals surface area (Å²) in [6.07, 6.45) is 4.43. The van der Waals surface area contributed by atoms with Crippen LogP contribution >= 0.6 is 0 Å². The van der Waals surface area contributed by atoms with E-state index in [4.69, 9.17) is 10.5 Å². The second kappa shape index (κ2) is 6.75. The van der Waals surface area contributed by atoms with Gasteiger partial charge in [-0.05, 0) is 31.7 Å². The largest absolute Gasteiger partial charge is 0.496 e. The Morgan fingerprint density at radius 1 is 1.30 bits per heavy atom. The standard InChI is InChI=1S/C16H24N2O2/c1-18(14-9-7-13(17)8-10-14)16(19)11-12-5-3-4-6-15(12)20-2/h3-6,13-14H,7-11,17H2,1-2H3. The van der Waals surface area contributed by atoms with Gasteiger partial charge in [-0.1, -0.05) is 18.2 Å². The number of nitrogens with two attached hydrogens (primary N) is 1. The first kappa shape index (κ1) is 14.9. The number of benzene rings is 1. The number of methoxy groups -OCH3 is 1. The molecule has 0 bridgehead atoms. The second-order valence-electron chi connectivity index (χ2n) is 5.56. The topological polar surface area (TPSA) is 55.6 Å². The Hall–Kier alpha value is -1.55. The van der Waals surface area contributed by atoms with E-state index in [1.165, 1.54) is 0 Å². The van der Waals surface area contributed by atoms with Crippen molar-refractivity contribution in [2.45, 2.75) is 44.2 Å². The van der Waals surface area contributed by atoms with Gasteiger partial charge in [-0.3, -0.25) is 4.79 Å². The molecule has 1 amide bonds. The lowest BCUT2D eigenvalue weighted by molar-refractivity contribution is -0.131. The molecule has 1 aromatic carbocycles. The molecule has 1 saturated carbocycles. The molecule has 4 nitrogen and oxygen atoms in total. The normalized spacial score (nSPS) is 22.4. The van der Waals surface area contributed by atoms with E-state index in [1.807, 2.05) is 36.2 Å². The number of rotatable bonds is 4. The molecule has 4 heteroatoms. The minimum atomic E-state index is 0.148. The molecule has 0 aliphatic heterocycles. The summed E-state index contributed by atoms with van der Waals surface area (Å²) in [6, 6.07) is 8.33. The number of carbonyl (C=O) groups is 1. The van der Waals surface area contributed by atoms with Crippen LogP contribution in [-0.2, 0) is 11.2 Å². The molecule has 0 radical (unpaired) electrons. The predicted octanol–water partition coefficient (Wildman–Crippen LogP) is 1.97. The minimum Gasteiger partial charge on any atom is -0.496 e. The summed E-state index contributed by atoms with van der Waals surface area (Å²) >= 11 is 0. The molecule has 1 fully saturated rings. The van der Waals surface area contributed by atoms with Gasteiger partial charge in [-0.25, -0.2) is 0 Å². The fourth-order valence-corrected chi connectivity index (χ4v) is 2.83. The summed E-state index contributed by atoms with van der Waals surface area (Å²) in [6.45, 7) is 0. The third-order valence-corrected chi connectivity index (χ3v) is 4.22. The van der Waals surface area contributed by atoms with Crippen molar-refractivity contribution < 1.29 is 9.53 Å². The average molecular weight is 276 g/mol. The minimum absolute atomic E-state index is 0.148. The quantitative estimate of drug-likeness (QED) is 0.914. The molecule has 0 spiro atoms. The van der Waals surface area contributed by atoms with E-state index in [2.05, 4.69) is 0 Å². The number of amides is 1. The van der Waals surface area contributed by atoms with Gasteiger partial charge >= 0.3 is 0 Å². The lowest BCUT2D eigenvalue weighted by Gasteiger charge is -2.33. The van der Waals surface area contributed by atoms with Crippen LogP contribution in [0.2, 0.25) is 0 Å². The van der Waals surface area contributed by atoms with Crippen LogP contribution in [-0.4, -0.2) is 37.0 Å². The van der Waals surface area contributed by atoms with Crippen molar-refractivity contribution in [2.75, 3.05) is 14.2 Å². The first-order valence-corrected chi connectivity index (χ1v) is 7.25. The van der Waals surface area contributed by atoms with Gasteiger partial charge in [0.1, 0.15) is 5.75 Å². The molecule has 0 unspecified atom stereocenters. The van der Waals surface area contributed by atoms with Gasteiger partial charge in [0.05, 0.1) is 13.5 Å². The second-order valence-corrected chi connectivity index (χ2v) is 5.56. The van der Waals surface area contributed by atoms with Crippen LogP contribution in [0.25, 0.3) is 0 Å². The zero-order chi connectivity index (χ0) is 14.5. The Morgan fingerprint density at radius 3 is 2.60 bits per heavy atom. The molecular weight excluding hydrogens is 252 g/mol. The zero-order valence-electron chi connectivity index (χ0n) is 12.3. The van der Waals surface area contributed by atoms with Gasteiger partial charge in [-0.15, -0.1) is 0 Å². The molecule has 2 rings (SSSR count). The van der Waals surface area contributed by atoms with Gasteiger partial charge in [-0.2, -0.15) is 0 Å². The van der Waals surface area contributed by atoms with E-state index in [-0.39, 0.29) is 5.91 Å². The number of nitrogens with zero attached hydrogens (tertiary/aromatic N) is 1. The highest BCUT2D eigenvalue weighted by atomic mass is 16.5. The van der Waals surface area contributed by atoms with E-state index in [1.54, 1.807) is 7.11 Å². The van der Waals surface area contributed by atoms with Crippen molar-refractivity contribution in [2.24, 2.45) is 5.73 Å². The van der Waals surface area contributed by atoms with Crippen molar-refractivity contribution in [1.82, 2.24) is 4.90 Å². The molecule has 0 atom stereocenters. The van der Waals surface area contributed by atoms with E-state index in [9.17, 15) is 4.79 Å². The number of hydrogen-bond donors (Lipinski definition) is 1. The van der Waals surface area contributed by atoms with Crippen molar-refractivity contribution in [1.29, 1.82) is 0 Å². The summed E-state index contributed by atoms with van der Waals surface area (Å²) in [5.41, 5.74) is 6.86. The van der Waals surface area contributed by atoms with Crippen molar-refractivity contribution >= 4 is 5.91 Å². The number of likely N-dealkylation sites (N-methyl/N-ethyl adjacent to an activating group) is 1. The first-order chi connectivity index (χ1) is 9.61. The molecule has 0 heterocycles. The highest BCUT2D eigenvalue weighted by molar-refractivity contribution is 5.79. The third kappa shape index (κ3) is 3.51. The summed E-state index contributed by atoms with van der Waals surface area (Å²) in [7, 11) is 3.54. The molecule has 0 aromatic heterocycles. The van der Waals surface area contributed by atoms with Gasteiger partial charge in [0.2, 0.25) is 5.91 Å². The Bertz CT molecular complexity index is 454. The summed E-state index contributed by atoms with van der Waals surface area (Å²) in [4.78, 5) is 14.3. The summed E-state index contributed by atoms with van der Waals surface area (Å²) in [5.74, 6) is 0.926. The monoisotopic (exact) mass is 276 g/mol. The maximum atomic E-state index is 12.4. The maximum Gasteiger partial charge on any atom is 0.227 e. The van der Waals surface area contributed by atoms with E-state index < -0.39 is 0 Å². The summed E-state index contributed by atoms with van der Waals surface area (Å²) in [5, 5.41) is 0. The van der Waals surface area contributed by atoms with Crippen LogP contribution in [0.4, 0.5) is 0 Å².